The number of carbonyl (C=O) groups excluding carboxylic acids is 1. The highest BCUT2D eigenvalue weighted by Gasteiger charge is 2.33. The summed E-state index contributed by atoms with van der Waals surface area (Å²) in [5.74, 6) is -0.532. The Balaban J connectivity index is 2.17. The largest absolute Gasteiger partial charge is 0.497 e. The topological polar surface area (TPSA) is 88.5 Å². The van der Waals surface area contributed by atoms with Gasteiger partial charge in [-0.05, 0) is 37.1 Å². The molecule has 0 aliphatic carbocycles. The smallest absolute Gasteiger partial charge is 0.305 e. The van der Waals surface area contributed by atoms with Gasteiger partial charge < -0.3 is 15.2 Å². The number of rotatable bonds is 7. The summed E-state index contributed by atoms with van der Waals surface area (Å²) in [6.07, 6.45) is 1.38. The van der Waals surface area contributed by atoms with Crippen molar-refractivity contribution in [3.05, 3.63) is 35.3 Å². The second-order valence-electron chi connectivity index (χ2n) is 6.35. The zero-order chi connectivity index (χ0) is 18.6. The third-order valence-electron chi connectivity index (χ3n) is 4.26. The fraction of sp³-hybridized carbons (Fsp3) is 0.389. The molecule has 0 saturated carbocycles. The predicted octanol–water partition coefficient (Wildman–Crippen LogP) is 3.44. The number of nitrogens with zero attached hydrogens (tertiary/aromatic N) is 1. The molecule has 0 aliphatic heterocycles. The normalized spacial score (nSPS) is 13.3. The maximum Gasteiger partial charge on any atom is 0.305 e. The fourth-order valence-electron chi connectivity index (χ4n) is 2.27. The maximum atomic E-state index is 12.5. The monoisotopic (exact) mass is 362 g/mol. The highest BCUT2D eigenvalue weighted by molar-refractivity contribution is 7.16. The van der Waals surface area contributed by atoms with Crippen molar-refractivity contribution in [3.63, 3.8) is 0 Å². The van der Waals surface area contributed by atoms with E-state index in [2.05, 4.69) is 10.3 Å². The van der Waals surface area contributed by atoms with Crippen LogP contribution in [0.3, 0.4) is 0 Å². The van der Waals surface area contributed by atoms with E-state index in [4.69, 9.17) is 9.84 Å². The molecule has 2 aromatic rings. The molecular weight excluding hydrogens is 340 g/mol. The van der Waals surface area contributed by atoms with Crippen molar-refractivity contribution in [3.8, 4) is 16.3 Å². The van der Waals surface area contributed by atoms with E-state index in [1.807, 2.05) is 38.1 Å². The van der Waals surface area contributed by atoms with Crippen LogP contribution in [0.2, 0.25) is 0 Å². The van der Waals surface area contributed by atoms with Crippen LogP contribution in [-0.4, -0.2) is 34.6 Å². The molecule has 0 aliphatic rings. The number of aromatic nitrogens is 1. The zero-order valence-electron chi connectivity index (χ0n) is 14.7. The molecule has 1 unspecified atom stereocenters. The van der Waals surface area contributed by atoms with E-state index in [1.54, 1.807) is 14.0 Å². The molecule has 1 aromatic heterocycles. The van der Waals surface area contributed by atoms with E-state index < -0.39 is 11.5 Å². The number of carboxylic acids is 1. The Bertz CT molecular complexity index is 755. The second-order valence-corrected chi connectivity index (χ2v) is 7.39. The third-order valence-corrected chi connectivity index (χ3v) is 5.30. The molecule has 0 spiro atoms. The zero-order valence-corrected chi connectivity index (χ0v) is 15.5. The van der Waals surface area contributed by atoms with Crippen LogP contribution >= 0.6 is 11.3 Å². The van der Waals surface area contributed by atoms with E-state index >= 15 is 0 Å². The van der Waals surface area contributed by atoms with Crippen molar-refractivity contribution in [1.82, 2.24) is 10.3 Å². The number of benzene rings is 1. The van der Waals surface area contributed by atoms with Crippen LogP contribution in [0.1, 0.15) is 36.9 Å². The number of hydrogen-bond donors (Lipinski definition) is 2. The maximum absolute atomic E-state index is 12.5. The first kappa shape index (κ1) is 18.9. The third kappa shape index (κ3) is 4.57. The fourth-order valence-corrected chi connectivity index (χ4v) is 3.09. The molecule has 2 N–H and O–H groups in total. The second kappa shape index (κ2) is 7.65. The lowest BCUT2D eigenvalue weighted by molar-refractivity contribution is -0.138. The average Bonchev–Trinajstić information content (AvgIpc) is 3.04. The summed E-state index contributed by atoms with van der Waals surface area (Å²) >= 11 is 1.27. The minimum absolute atomic E-state index is 0.0264. The molecule has 2 rings (SSSR count). The van der Waals surface area contributed by atoms with Crippen LogP contribution in [0.5, 0.6) is 5.75 Å². The SMILES string of the molecule is COc1ccc(-c2ncc(C(=O)NC(C)(CC(=O)O)C(C)C)s2)cc1. The van der Waals surface area contributed by atoms with Crippen molar-refractivity contribution in [1.29, 1.82) is 0 Å². The standard InChI is InChI=1S/C18H22N2O4S/c1-11(2)18(3,9-15(21)22)20-16(23)14-10-19-17(25-14)12-5-7-13(24-4)8-6-12/h5-8,10-11H,9H2,1-4H3,(H,20,23)(H,21,22). The summed E-state index contributed by atoms with van der Waals surface area (Å²) in [5, 5.41) is 12.7. The van der Waals surface area contributed by atoms with E-state index in [9.17, 15) is 9.59 Å². The molecule has 0 fully saturated rings. The van der Waals surface area contributed by atoms with Gasteiger partial charge in [0.2, 0.25) is 0 Å². The molecular formula is C18H22N2O4S. The number of hydrogen-bond acceptors (Lipinski definition) is 5. The predicted molar refractivity (Wildman–Crippen MR) is 97.1 cm³/mol. The molecule has 0 radical (unpaired) electrons. The molecule has 1 atom stereocenters. The van der Waals surface area contributed by atoms with E-state index in [0.29, 0.717) is 4.88 Å². The first-order valence-corrected chi connectivity index (χ1v) is 8.71. The molecule has 134 valence electrons. The lowest BCUT2D eigenvalue weighted by Crippen LogP contribution is -2.51. The molecule has 7 heteroatoms. The molecule has 1 aromatic carbocycles. The number of thiazole rings is 1. The van der Waals surface area contributed by atoms with E-state index in [0.717, 1.165) is 16.3 Å². The highest BCUT2D eigenvalue weighted by atomic mass is 32.1. The highest BCUT2D eigenvalue weighted by Crippen LogP contribution is 2.28. The summed E-state index contributed by atoms with van der Waals surface area (Å²) in [6.45, 7) is 5.52. The van der Waals surface area contributed by atoms with Crippen molar-refractivity contribution in [2.45, 2.75) is 32.7 Å². The minimum atomic E-state index is -0.945. The van der Waals surface area contributed by atoms with E-state index in [1.165, 1.54) is 17.5 Å². The van der Waals surface area contributed by atoms with Crippen molar-refractivity contribution < 1.29 is 19.4 Å². The summed E-state index contributed by atoms with van der Waals surface area (Å²) < 4.78 is 5.13. The summed E-state index contributed by atoms with van der Waals surface area (Å²) in [6, 6.07) is 7.42. The Morgan fingerprint density at radius 1 is 1.32 bits per heavy atom. The van der Waals surface area contributed by atoms with Gasteiger partial charge in [0.05, 0.1) is 25.3 Å². The van der Waals surface area contributed by atoms with Crippen LogP contribution in [-0.2, 0) is 4.79 Å². The molecule has 6 nitrogen and oxygen atoms in total. The first-order valence-electron chi connectivity index (χ1n) is 7.89. The lowest BCUT2D eigenvalue weighted by atomic mass is 9.85. The van der Waals surface area contributed by atoms with Gasteiger partial charge in [-0.1, -0.05) is 13.8 Å². The van der Waals surface area contributed by atoms with Crippen LogP contribution in [0.4, 0.5) is 0 Å². The Labute approximate surface area is 150 Å². The number of ether oxygens (including phenoxy) is 1. The Morgan fingerprint density at radius 3 is 2.48 bits per heavy atom. The van der Waals surface area contributed by atoms with Gasteiger partial charge in [-0.3, -0.25) is 9.59 Å². The van der Waals surface area contributed by atoms with Gasteiger partial charge in [0.25, 0.3) is 5.91 Å². The van der Waals surface area contributed by atoms with Crippen molar-refractivity contribution in [2.75, 3.05) is 7.11 Å². The molecule has 1 amide bonds. The van der Waals surface area contributed by atoms with Gasteiger partial charge >= 0.3 is 5.97 Å². The summed E-state index contributed by atoms with van der Waals surface area (Å²) in [5.41, 5.74) is 0.0645. The number of carbonyl (C=O) groups is 2. The van der Waals surface area contributed by atoms with Crippen LogP contribution in [0.15, 0.2) is 30.5 Å². The molecule has 1 heterocycles. The van der Waals surface area contributed by atoms with Crippen LogP contribution in [0, 0.1) is 5.92 Å². The van der Waals surface area contributed by atoms with Crippen LogP contribution < -0.4 is 10.1 Å². The Hall–Kier alpha value is -2.41. The Morgan fingerprint density at radius 2 is 1.96 bits per heavy atom. The van der Waals surface area contributed by atoms with Gasteiger partial charge in [-0.2, -0.15) is 0 Å². The van der Waals surface area contributed by atoms with Crippen molar-refractivity contribution >= 4 is 23.2 Å². The quantitative estimate of drug-likeness (QED) is 0.788. The van der Waals surface area contributed by atoms with Gasteiger partial charge in [0.15, 0.2) is 0 Å². The first-order chi connectivity index (χ1) is 11.7. The average molecular weight is 362 g/mol. The van der Waals surface area contributed by atoms with Crippen molar-refractivity contribution in [2.24, 2.45) is 5.92 Å². The number of aliphatic carboxylic acids is 1. The Kier molecular flexibility index (Phi) is 5.79. The van der Waals surface area contributed by atoms with E-state index in [-0.39, 0.29) is 18.2 Å². The van der Waals surface area contributed by atoms with Gasteiger partial charge in [-0.15, -0.1) is 11.3 Å². The summed E-state index contributed by atoms with van der Waals surface area (Å²) in [4.78, 5) is 28.4. The minimum Gasteiger partial charge on any atom is -0.497 e. The van der Waals surface area contributed by atoms with Gasteiger partial charge in [-0.25, -0.2) is 4.98 Å². The molecule has 0 saturated heterocycles. The van der Waals surface area contributed by atoms with Gasteiger partial charge in [0.1, 0.15) is 15.6 Å². The molecule has 25 heavy (non-hydrogen) atoms. The number of amides is 1. The number of carboxylic acid groups (broad SMARTS) is 1. The number of nitrogens with one attached hydrogen (secondary N) is 1. The van der Waals surface area contributed by atoms with Gasteiger partial charge in [0, 0.05) is 5.56 Å². The lowest BCUT2D eigenvalue weighted by Gasteiger charge is -2.33. The molecule has 0 bridgehead atoms. The summed E-state index contributed by atoms with van der Waals surface area (Å²) in [7, 11) is 1.60. The number of methoxy groups -OCH3 is 1. The van der Waals surface area contributed by atoms with Crippen LogP contribution in [0.25, 0.3) is 10.6 Å².